The monoisotopic (exact) mass is 299 g/mol. The normalized spacial score (nSPS) is 21.4. The predicted octanol–water partition coefficient (Wildman–Crippen LogP) is 0.797. The summed E-state index contributed by atoms with van der Waals surface area (Å²) in [6, 6.07) is -0.716. The SMILES string of the molecule is CCCN(CC(=O)NC)C(=O)NC1CCCCC1C(=O)O. The van der Waals surface area contributed by atoms with Crippen LogP contribution in [0.15, 0.2) is 0 Å². The molecule has 3 amide bonds. The fourth-order valence-corrected chi connectivity index (χ4v) is 2.62. The highest BCUT2D eigenvalue weighted by Gasteiger charge is 2.32. The maximum Gasteiger partial charge on any atom is 0.318 e. The number of nitrogens with one attached hydrogen (secondary N) is 2. The highest BCUT2D eigenvalue weighted by atomic mass is 16.4. The molecule has 1 aliphatic rings. The van der Waals surface area contributed by atoms with E-state index in [4.69, 9.17) is 0 Å². The molecule has 0 aromatic carbocycles. The van der Waals surface area contributed by atoms with E-state index in [1.165, 1.54) is 11.9 Å². The van der Waals surface area contributed by atoms with Crippen LogP contribution < -0.4 is 10.6 Å². The molecule has 120 valence electrons. The molecule has 0 aliphatic heterocycles. The maximum absolute atomic E-state index is 12.3. The van der Waals surface area contributed by atoms with Crippen molar-refractivity contribution >= 4 is 17.9 Å². The van der Waals surface area contributed by atoms with E-state index in [0.29, 0.717) is 19.4 Å². The third kappa shape index (κ3) is 5.24. The summed E-state index contributed by atoms with van der Waals surface area (Å²) in [5.74, 6) is -1.64. The highest BCUT2D eigenvalue weighted by molar-refractivity contribution is 5.84. The zero-order valence-electron chi connectivity index (χ0n) is 12.7. The molecule has 0 radical (unpaired) electrons. The average Bonchev–Trinajstić information content (AvgIpc) is 2.46. The van der Waals surface area contributed by atoms with Crippen LogP contribution in [0.5, 0.6) is 0 Å². The Bertz CT molecular complexity index is 386. The Kier molecular flexibility index (Phi) is 6.98. The minimum atomic E-state index is -0.867. The van der Waals surface area contributed by atoms with Gasteiger partial charge < -0.3 is 20.6 Å². The van der Waals surface area contributed by atoms with Crippen LogP contribution in [0.3, 0.4) is 0 Å². The number of rotatable bonds is 6. The second kappa shape index (κ2) is 8.49. The zero-order chi connectivity index (χ0) is 15.8. The lowest BCUT2D eigenvalue weighted by molar-refractivity contribution is -0.143. The van der Waals surface area contributed by atoms with Gasteiger partial charge in [0.2, 0.25) is 5.91 Å². The van der Waals surface area contributed by atoms with Crippen LogP contribution in [0.25, 0.3) is 0 Å². The Morgan fingerprint density at radius 3 is 2.48 bits per heavy atom. The molecular weight excluding hydrogens is 274 g/mol. The molecule has 0 aromatic heterocycles. The second-order valence-corrected chi connectivity index (χ2v) is 5.38. The smallest absolute Gasteiger partial charge is 0.318 e. The van der Waals surface area contributed by atoms with E-state index < -0.39 is 11.9 Å². The van der Waals surface area contributed by atoms with Crippen molar-refractivity contribution in [3.63, 3.8) is 0 Å². The van der Waals surface area contributed by atoms with Crippen LogP contribution in [-0.4, -0.2) is 54.1 Å². The number of hydrogen-bond donors (Lipinski definition) is 3. The van der Waals surface area contributed by atoms with Gasteiger partial charge in [0.15, 0.2) is 0 Å². The van der Waals surface area contributed by atoms with Gasteiger partial charge in [0, 0.05) is 19.6 Å². The first-order valence-electron chi connectivity index (χ1n) is 7.48. The van der Waals surface area contributed by atoms with Gasteiger partial charge in [-0.1, -0.05) is 19.8 Å². The van der Waals surface area contributed by atoms with Crippen molar-refractivity contribution in [3.05, 3.63) is 0 Å². The Labute approximate surface area is 125 Å². The molecule has 1 aliphatic carbocycles. The molecule has 0 saturated heterocycles. The van der Waals surface area contributed by atoms with Crippen LogP contribution in [-0.2, 0) is 9.59 Å². The summed E-state index contributed by atoms with van der Waals surface area (Å²) in [5, 5.41) is 14.5. The number of amides is 3. The second-order valence-electron chi connectivity index (χ2n) is 5.38. The summed E-state index contributed by atoms with van der Waals surface area (Å²) in [6.07, 6.45) is 3.78. The number of hydrogen-bond acceptors (Lipinski definition) is 3. The summed E-state index contributed by atoms with van der Waals surface area (Å²) < 4.78 is 0. The van der Waals surface area contributed by atoms with Crippen molar-refractivity contribution in [2.75, 3.05) is 20.1 Å². The molecule has 0 heterocycles. The van der Waals surface area contributed by atoms with Gasteiger partial charge >= 0.3 is 12.0 Å². The van der Waals surface area contributed by atoms with E-state index >= 15 is 0 Å². The number of nitrogens with zero attached hydrogens (tertiary/aromatic N) is 1. The van der Waals surface area contributed by atoms with Gasteiger partial charge in [-0.15, -0.1) is 0 Å². The first kappa shape index (κ1) is 17.3. The van der Waals surface area contributed by atoms with Crippen molar-refractivity contribution < 1.29 is 19.5 Å². The third-order valence-corrected chi connectivity index (χ3v) is 3.79. The van der Waals surface area contributed by atoms with Gasteiger partial charge in [-0.2, -0.15) is 0 Å². The number of carboxylic acids is 1. The lowest BCUT2D eigenvalue weighted by Crippen LogP contribution is -2.52. The number of carbonyl (C=O) groups is 3. The van der Waals surface area contributed by atoms with E-state index in [1.54, 1.807) is 0 Å². The standard InChI is InChI=1S/C14H25N3O4/c1-3-8-17(9-12(18)15-2)14(21)16-11-7-5-4-6-10(11)13(19)20/h10-11H,3-9H2,1-2H3,(H,15,18)(H,16,21)(H,19,20). The Hall–Kier alpha value is -1.79. The van der Waals surface area contributed by atoms with Crippen molar-refractivity contribution in [1.82, 2.24) is 15.5 Å². The summed E-state index contributed by atoms with van der Waals surface area (Å²) >= 11 is 0. The number of carboxylic acid groups (broad SMARTS) is 1. The van der Waals surface area contributed by atoms with E-state index in [1.807, 2.05) is 6.92 Å². The molecule has 7 heteroatoms. The Morgan fingerprint density at radius 1 is 1.24 bits per heavy atom. The molecule has 1 rings (SSSR count). The average molecular weight is 299 g/mol. The molecule has 1 saturated carbocycles. The first-order chi connectivity index (χ1) is 9.99. The molecule has 0 aromatic rings. The van der Waals surface area contributed by atoms with Crippen LogP contribution in [0, 0.1) is 5.92 Å². The fraction of sp³-hybridized carbons (Fsp3) is 0.786. The van der Waals surface area contributed by atoms with Crippen molar-refractivity contribution in [2.24, 2.45) is 5.92 Å². The molecule has 3 N–H and O–H groups in total. The lowest BCUT2D eigenvalue weighted by atomic mass is 9.84. The molecule has 0 bridgehead atoms. The zero-order valence-corrected chi connectivity index (χ0v) is 12.7. The highest BCUT2D eigenvalue weighted by Crippen LogP contribution is 2.24. The van der Waals surface area contributed by atoms with Gasteiger partial charge in [0.05, 0.1) is 5.92 Å². The van der Waals surface area contributed by atoms with Crippen molar-refractivity contribution in [1.29, 1.82) is 0 Å². The quantitative estimate of drug-likeness (QED) is 0.675. The number of likely N-dealkylation sites (N-methyl/N-ethyl adjacent to an activating group) is 1. The topological polar surface area (TPSA) is 98.7 Å². The maximum atomic E-state index is 12.3. The minimum Gasteiger partial charge on any atom is -0.481 e. The number of carbonyl (C=O) groups excluding carboxylic acids is 2. The van der Waals surface area contributed by atoms with Gasteiger partial charge in [0.1, 0.15) is 6.54 Å². The molecule has 21 heavy (non-hydrogen) atoms. The first-order valence-corrected chi connectivity index (χ1v) is 7.48. The largest absolute Gasteiger partial charge is 0.481 e. The van der Waals surface area contributed by atoms with Crippen molar-refractivity contribution in [2.45, 2.75) is 45.1 Å². The van der Waals surface area contributed by atoms with Crippen LogP contribution >= 0.6 is 0 Å². The lowest BCUT2D eigenvalue weighted by Gasteiger charge is -2.31. The Morgan fingerprint density at radius 2 is 1.90 bits per heavy atom. The van der Waals surface area contributed by atoms with E-state index in [0.717, 1.165) is 19.3 Å². The molecule has 2 atom stereocenters. The van der Waals surface area contributed by atoms with Gasteiger partial charge in [-0.25, -0.2) is 4.79 Å². The van der Waals surface area contributed by atoms with Gasteiger partial charge in [0.25, 0.3) is 0 Å². The van der Waals surface area contributed by atoms with Crippen LogP contribution in [0.4, 0.5) is 4.79 Å². The molecule has 0 spiro atoms. The number of aliphatic carboxylic acids is 1. The number of urea groups is 1. The summed E-state index contributed by atoms with van der Waals surface area (Å²) in [7, 11) is 1.52. The van der Waals surface area contributed by atoms with E-state index in [9.17, 15) is 19.5 Å². The third-order valence-electron chi connectivity index (χ3n) is 3.79. The molecular formula is C14H25N3O4. The summed E-state index contributed by atoms with van der Waals surface area (Å²) in [6.45, 7) is 2.37. The van der Waals surface area contributed by atoms with E-state index in [2.05, 4.69) is 10.6 Å². The Balaban J connectivity index is 2.65. The molecule has 2 unspecified atom stereocenters. The van der Waals surface area contributed by atoms with Crippen molar-refractivity contribution in [3.8, 4) is 0 Å². The predicted molar refractivity (Wildman–Crippen MR) is 77.8 cm³/mol. The molecule has 1 fully saturated rings. The van der Waals surface area contributed by atoms with Crippen LogP contribution in [0.2, 0.25) is 0 Å². The summed E-state index contributed by atoms with van der Waals surface area (Å²) in [4.78, 5) is 36.4. The fourth-order valence-electron chi connectivity index (χ4n) is 2.62. The minimum absolute atomic E-state index is 0.0133. The molecule has 7 nitrogen and oxygen atoms in total. The van der Waals surface area contributed by atoms with Crippen LogP contribution in [0.1, 0.15) is 39.0 Å². The van der Waals surface area contributed by atoms with E-state index in [-0.39, 0.29) is 24.5 Å². The summed E-state index contributed by atoms with van der Waals surface area (Å²) in [5.41, 5.74) is 0. The van der Waals surface area contributed by atoms with Gasteiger partial charge in [-0.3, -0.25) is 9.59 Å². The van der Waals surface area contributed by atoms with Gasteiger partial charge in [-0.05, 0) is 19.3 Å².